The molecule has 1 aliphatic rings. The number of imide groups is 1. The molecule has 150 valence electrons. The van der Waals surface area contributed by atoms with E-state index in [4.69, 9.17) is 4.52 Å². The maximum absolute atomic E-state index is 12.1. The monoisotopic (exact) mass is 403 g/mol. The van der Waals surface area contributed by atoms with Gasteiger partial charge in [0.05, 0.1) is 10.9 Å². The van der Waals surface area contributed by atoms with Gasteiger partial charge in [-0.3, -0.25) is 15.2 Å². The molecule has 1 aliphatic heterocycles. The molecule has 3 aromatic heterocycles. The Morgan fingerprint density at radius 1 is 1.07 bits per heavy atom. The predicted molar refractivity (Wildman–Crippen MR) is 106 cm³/mol. The Hall–Kier alpha value is -4.08. The minimum Gasteiger partial charge on any atom is -0.334 e. The highest BCUT2D eigenvalue weighted by atomic mass is 16.5. The summed E-state index contributed by atoms with van der Waals surface area (Å²) in [5.41, 5.74) is 3.26. The summed E-state index contributed by atoms with van der Waals surface area (Å²) >= 11 is 0. The second-order valence-electron chi connectivity index (χ2n) is 7.39. The van der Waals surface area contributed by atoms with Crippen LogP contribution in [0.5, 0.6) is 0 Å². The predicted octanol–water partition coefficient (Wildman–Crippen LogP) is 2.35. The quantitative estimate of drug-likeness (QED) is 0.446. The number of carbonyl (C=O) groups is 2. The van der Waals surface area contributed by atoms with E-state index in [0.717, 1.165) is 22.3 Å². The smallest absolute Gasteiger partial charge is 0.322 e. The number of pyridine rings is 1. The molecule has 0 spiro atoms. The number of urea groups is 1. The van der Waals surface area contributed by atoms with Gasteiger partial charge in [0, 0.05) is 17.0 Å². The van der Waals surface area contributed by atoms with Crippen molar-refractivity contribution in [3.63, 3.8) is 0 Å². The molecule has 1 fully saturated rings. The second-order valence-corrected chi connectivity index (χ2v) is 7.39. The number of hydrogen-bond acceptors (Lipinski definition) is 7. The SMILES string of the molecule is Cc1cc(-c2nc(-c3ccc(C4(C)NC(=O)NC4=O)cc3)no2)c2c(C)[nH]nc2n1. The van der Waals surface area contributed by atoms with Crippen molar-refractivity contribution in [3.8, 4) is 22.8 Å². The van der Waals surface area contributed by atoms with Crippen LogP contribution in [0.4, 0.5) is 4.79 Å². The van der Waals surface area contributed by atoms with Crippen molar-refractivity contribution in [2.45, 2.75) is 26.3 Å². The first-order valence-corrected chi connectivity index (χ1v) is 9.26. The summed E-state index contributed by atoms with van der Waals surface area (Å²) in [4.78, 5) is 32.6. The van der Waals surface area contributed by atoms with E-state index in [2.05, 4.69) is 36.0 Å². The van der Waals surface area contributed by atoms with Gasteiger partial charge in [0.1, 0.15) is 5.54 Å². The van der Waals surface area contributed by atoms with Gasteiger partial charge in [-0.1, -0.05) is 29.4 Å². The molecular formula is C20H17N7O3. The van der Waals surface area contributed by atoms with E-state index in [-0.39, 0.29) is 0 Å². The number of carbonyl (C=O) groups excluding carboxylic acids is 2. The van der Waals surface area contributed by atoms with Gasteiger partial charge in [0.15, 0.2) is 5.65 Å². The Bertz CT molecular complexity index is 1320. The van der Waals surface area contributed by atoms with Crippen LogP contribution >= 0.6 is 0 Å². The standard InChI is InChI=1S/C20H17N7O3/c1-9-8-13(14-10(2)25-26-16(14)21-9)17-22-15(27-30-17)11-4-6-12(7-5-11)20(3)18(28)23-19(29)24-20/h4-8H,1-3H3,(H,21,25,26)(H2,23,24,28,29). The summed E-state index contributed by atoms with van der Waals surface area (Å²) in [6.07, 6.45) is 0. The normalized spacial score (nSPS) is 18.6. The van der Waals surface area contributed by atoms with E-state index < -0.39 is 17.5 Å². The van der Waals surface area contributed by atoms with Crippen LogP contribution in [0, 0.1) is 13.8 Å². The largest absolute Gasteiger partial charge is 0.334 e. The molecule has 3 N–H and O–H groups in total. The Morgan fingerprint density at radius 3 is 2.53 bits per heavy atom. The Labute approximate surface area is 170 Å². The second kappa shape index (κ2) is 6.21. The number of nitrogens with zero attached hydrogens (tertiary/aromatic N) is 4. The lowest BCUT2D eigenvalue weighted by Gasteiger charge is -2.20. The first kappa shape index (κ1) is 18.0. The minimum absolute atomic E-state index is 0.364. The number of benzene rings is 1. The lowest BCUT2D eigenvalue weighted by atomic mass is 9.91. The van der Waals surface area contributed by atoms with Crippen molar-refractivity contribution in [1.29, 1.82) is 0 Å². The molecule has 0 bridgehead atoms. The van der Waals surface area contributed by atoms with E-state index in [0.29, 0.717) is 28.5 Å². The fourth-order valence-electron chi connectivity index (χ4n) is 3.62. The van der Waals surface area contributed by atoms with Crippen molar-refractivity contribution in [2.24, 2.45) is 0 Å². The van der Waals surface area contributed by atoms with Crippen LogP contribution < -0.4 is 10.6 Å². The minimum atomic E-state index is -1.11. The molecule has 0 saturated carbocycles. The molecule has 3 amide bonds. The molecule has 5 rings (SSSR count). The molecule has 10 heteroatoms. The summed E-state index contributed by atoms with van der Waals surface area (Å²) in [6.45, 7) is 5.44. The van der Waals surface area contributed by atoms with Crippen LogP contribution in [-0.4, -0.2) is 37.3 Å². The number of rotatable bonds is 3. The number of aromatic nitrogens is 5. The van der Waals surface area contributed by atoms with Crippen molar-refractivity contribution < 1.29 is 14.1 Å². The molecule has 10 nitrogen and oxygen atoms in total. The van der Waals surface area contributed by atoms with Crippen LogP contribution in [0.1, 0.15) is 23.9 Å². The van der Waals surface area contributed by atoms with E-state index in [1.165, 1.54) is 0 Å². The molecular weight excluding hydrogens is 386 g/mol. The fourth-order valence-corrected chi connectivity index (χ4v) is 3.62. The third-order valence-corrected chi connectivity index (χ3v) is 5.25. The summed E-state index contributed by atoms with van der Waals surface area (Å²) < 4.78 is 5.52. The molecule has 0 aliphatic carbocycles. The average molecular weight is 403 g/mol. The number of aryl methyl sites for hydroxylation is 2. The van der Waals surface area contributed by atoms with Crippen molar-refractivity contribution in [2.75, 3.05) is 0 Å². The van der Waals surface area contributed by atoms with E-state index in [1.807, 2.05) is 19.9 Å². The summed E-state index contributed by atoms with van der Waals surface area (Å²) in [5, 5.41) is 17.0. The molecule has 1 unspecified atom stereocenters. The number of nitrogens with one attached hydrogen (secondary N) is 3. The van der Waals surface area contributed by atoms with E-state index in [1.54, 1.807) is 31.2 Å². The topological polar surface area (TPSA) is 139 Å². The maximum Gasteiger partial charge on any atom is 0.322 e. The molecule has 4 aromatic rings. The highest BCUT2D eigenvalue weighted by Crippen LogP contribution is 2.31. The summed E-state index contributed by atoms with van der Waals surface area (Å²) in [5.74, 6) is 0.378. The van der Waals surface area contributed by atoms with Crippen molar-refractivity contribution >= 4 is 23.0 Å². The lowest BCUT2D eigenvalue weighted by Crippen LogP contribution is -2.40. The summed E-state index contributed by atoms with van der Waals surface area (Å²) in [6, 6.07) is 8.44. The number of H-pyrrole nitrogens is 1. The zero-order valence-electron chi connectivity index (χ0n) is 16.4. The van der Waals surface area contributed by atoms with Gasteiger partial charge >= 0.3 is 6.03 Å². The van der Waals surface area contributed by atoms with Gasteiger partial charge in [-0.15, -0.1) is 0 Å². The molecule has 1 aromatic carbocycles. The first-order valence-electron chi connectivity index (χ1n) is 9.26. The third-order valence-electron chi connectivity index (χ3n) is 5.25. The van der Waals surface area contributed by atoms with Crippen LogP contribution in [0.3, 0.4) is 0 Å². The van der Waals surface area contributed by atoms with Crippen molar-refractivity contribution in [3.05, 3.63) is 47.3 Å². The van der Waals surface area contributed by atoms with E-state index in [9.17, 15) is 9.59 Å². The highest BCUT2D eigenvalue weighted by molar-refractivity contribution is 6.07. The zero-order valence-corrected chi connectivity index (χ0v) is 16.4. The highest BCUT2D eigenvalue weighted by Gasteiger charge is 2.43. The zero-order chi connectivity index (χ0) is 21.0. The van der Waals surface area contributed by atoms with Crippen LogP contribution in [0.2, 0.25) is 0 Å². The van der Waals surface area contributed by atoms with Crippen LogP contribution in [-0.2, 0) is 10.3 Å². The lowest BCUT2D eigenvalue weighted by molar-refractivity contribution is -0.123. The summed E-state index contributed by atoms with van der Waals surface area (Å²) in [7, 11) is 0. The maximum atomic E-state index is 12.1. The molecule has 4 heterocycles. The molecule has 1 saturated heterocycles. The number of aromatic amines is 1. The number of fused-ring (bicyclic) bond motifs is 1. The van der Waals surface area contributed by atoms with Gasteiger partial charge in [-0.05, 0) is 32.4 Å². The van der Waals surface area contributed by atoms with Gasteiger partial charge in [-0.25, -0.2) is 9.78 Å². The Kier molecular flexibility index (Phi) is 3.72. The van der Waals surface area contributed by atoms with Crippen LogP contribution in [0.15, 0.2) is 34.9 Å². The van der Waals surface area contributed by atoms with Gasteiger partial charge in [0.2, 0.25) is 5.82 Å². The molecule has 30 heavy (non-hydrogen) atoms. The number of amides is 3. The van der Waals surface area contributed by atoms with E-state index >= 15 is 0 Å². The van der Waals surface area contributed by atoms with Crippen LogP contribution in [0.25, 0.3) is 33.9 Å². The number of hydrogen-bond donors (Lipinski definition) is 3. The Morgan fingerprint density at radius 2 is 1.83 bits per heavy atom. The molecule has 1 atom stereocenters. The Balaban J connectivity index is 1.51. The fraction of sp³-hybridized carbons (Fsp3) is 0.200. The molecule has 0 radical (unpaired) electrons. The first-order chi connectivity index (χ1) is 14.3. The van der Waals surface area contributed by atoms with Gasteiger partial charge in [0.25, 0.3) is 11.8 Å². The van der Waals surface area contributed by atoms with Gasteiger partial charge in [-0.2, -0.15) is 10.1 Å². The van der Waals surface area contributed by atoms with Gasteiger partial charge < -0.3 is 9.84 Å². The van der Waals surface area contributed by atoms with Crippen molar-refractivity contribution in [1.82, 2.24) is 36.0 Å². The third kappa shape index (κ3) is 2.65. The average Bonchev–Trinajstić information content (AvgIpc) is 3.40.